The van der Waals surface area contributed by atoms with Crippen LogP contribution in [0.2, 0.25) is 0 Å². The molecule has 58 heavy (non-hydrogen) atoms. The van der Waals surface area contributed by atoms with Crippen LogP contribution in [-0.4, -0.2) is 19.5 Å². The maximum Gasteiger partial charge on any atom is 0.164 e. The lowest BCUT2D eigenvalue weighted by Gasteiger charge is -2.39. The third kappa shape index (κ3) is 4.10. The Morgan fingerprint density at radius 3 is 1.48 bits per heavy atom. The quantitative estimate of drug-likeness (QED) is 0.181. The number of rotatable bonds is 3. The van der Waals surface area contributed by atoms with Crippen LogP contribution in [0.4, 0.5) is 0 Å². The van der Waals surface area contributed by atoms with Crippen LogP contribution in [-0.2, 0) is 5.41 Å². The molecule has 0 unspecified atom stereocenters. The minimum absolute atomic E-state index is 0.577. The van der Waals surface area contributed by atoms with Crippen molar-refractivity contribution in [3.63, 3.8) is 0 Å². The topological polar surface area (TPSA) is 43.6 Å². The van der Waals surface area contributed by atoms with Crippen LogP contribution in [0.5, 0.6) is 0 Å². The first-order valence-electron chi connectivity index (χ1n) is 19.9. The largest absolute Gasteiger partial charge is 0.309 e. The first-order valence-corrected chi connectivity index (χ1v) is 19.9. The van der Waals surface area contributed by atoms with Gasteiger partial charge in [0.2, 0.25) is 0 Å². The predicted molar refractivity (Wildman–Crippen MR) is 236 cm³/mol. The van der Waals surface area contributed by atoms with Crippen LogP contribution in [0, 0.1) is 0 Å². The molecule has 4 nitrogen and oxygen atoms in total. The van der Waals surface area contributed by atoms with Crippen LogP contribution < -0.4 is 0 Å². The normalized spacial score (nSPS) is 13.3. The smallest absolute Gasteiger partial charge is 0.164 e. The molecule has 0 bridgehead atoms. The lowest BCUT2D eigenvalue weighted by molar-refractivity contribution is 0.748. The van der Waals surface area contributed by atoms with Gasteiger partial charge >= 0.3 is 0 Å². The molecule has 268 valence electrons. The van der Waals surface area contributed by atoms with E-state index in [1.54, 1.807) is 0 Å². The van der Waals surface area contributed by atoms with Gasteiger partial charge < -0.3 is 4.57 Å². The van der Waals surface area contributed by atoms with E-state index < -0.39 is 5.41 Å². The van der Waals surface area contributed by atoms with Crippen molar-refractivity contribution < 1.29 is 0 Å². The van der Waals surface area contributed by atoms with Crippen molar-refractivity contribution in [2.75, 3.05) is 0 Å². The van der Waals surface area contributed by atoms with E-state index >= 15 is 0 Å². The van der Waals surface area contributed by atoms with Crippen molar-refractivity contribution in [1.29, 1.82) is 0 Å². The van der Waals surface area contributed by atoms with Crippen LogP contribution in [0.3, 0.4) is 0 Å². The van der Waals surface area contributed by atoms with Gasteiger partial charge in [-0.05, 0) is 79.2 Å². The lowest BCUT2D eigenvalue weighted by atomic mass is 9.65. The molecular formula is C54H32N4. The summed E-state index contributed by atoms with van der Waals surface area (Å²) in [6, 6.07) is 70.2. The molecule has 2 aliphatic rings. The van der Waals surface area contributed by atoms with E-state index in [9.17, 15) is 0 Å². The Hall–Kier alpha value is -7.69. The number of nitrogens with zero attached hydrogens (tertiary/aromatic N) is 4. The van der Waals surface area contributed by atoms with Crippen LogP contribution >= 0.6 is 0 Å². The molecule has 0 fully saturated rings. The van der Waals surface area contributed by atoms with Crippen molar-refractivity contribution >= 4 is 43.4 Å². The van der Waals surface area contributed by atoms with Crippen LogP contribution in [0.15, 0.2) is 194 Å². The Labute approximate surface area is 334 Å². The van der Waals surface area contributed by atoms with Crippen molar-refractivity contribution in [3.8, 4) is 51.0 Å². The number of benzene rings is 9. The standard InChI is InChI=1S/C54H32N4/c1-3-19-36-33(15-1)17-13-24-41(36)52-55-51(56-53(57-52)42-25-14-18-34-16-2-4-20-37(34)42)35-31-43-40-23-7-11-29-48(40)58-49-30-12-10-28-46(49)54(47(32-35)50(43)58)44-26-8-5-21-38(44)39-22-6-9-27-45(39)54/h1-32H. The highest BCUT2D eigenvalue weighted by Crippen LogP contribution is 2.61. The number of fused-ring (bicyclic) bond motifs is 14. The molecule has 4 heteroatoms. The van der Waals surface area contributed by atoms with Gasteiger partial charge in [0.25, 0.3) is 0 Å². The highest BCUT2D eigenvalue weighted by atomic mass is 15.0. The van der Waals surface area contributed by atoms with Gasteiger partial charge in [0.1, 0.15) is 0 Å². The summed E-state index contributed by atoms with van der Waals surface area (Å²) < 4.78 is 2.49. The fourth-order valence-corrected chi connectivity index (χ4v) is 10.3. The summed E-state index contributed by atoms with van der Waals surface area (Å²) in [5.74, 6) is 1.94. The summed E-state index contributed by atoms with van der Waals surface area (Å²) in [5, 5.41) is 6.88. The van der Waals surface area contributed by atoms with Crippen LogP contribution in [0.1, 0.15) is 22.3 Å². The summed E-state index contributed by atoms with van der Waals surface area (Å²) in [5.41, 5.74) is 13.6. The third-order valence-electron chi connectivity index (χ3n) is 12.6. The summed E-state index contributed by atoms with van der Waals surface area (Å²) in [6.07, 6.45) is 0. The average molecular weight is 737 g/mol. The summed E-state index contributed by atoms with van der Waals surface area (Å²) in [4.78, 5) is 16.2. The Balaban J connectivity index is 1.18. The minimum Gasteiger partial charge on any atom is -0.309 e. The Morgan fingerprint density at radius 1 is 0.345 bits per heavy atom. The molecule has 1 aliphatic heterocycles. The summed E-state index contributed by atoms with van der Waals surface area (Å²) in [7, 11) is 0. The predicted octanol–water partition coefficient (Wildman–Crippen LogP) is 13.0. The minimum atomic E-state index is -0.577. The monoisotopic (exact) mass is 736 g/mol. The van der Waals surface area contributed by atoms with E-state index in [4.69, 9.17) is 15.0 Å². The molecule has 0 saturated heterocycles. The highest BCUT2D eigenvalue weighted by molar-refractivity contribution is 6.14. The molecule has 0 amide bonds. The van der Waals surface area contributed by atoms with Crippen LogP contribution in [0.25, 0.3) is 94.3 Å². The second kappa shape index (κ2) is 11.7. The van der Waals surface area contributed by atoms with Crippen molar-refractivity contribution in [2.24, 2.45) is 0 Å². The van der Waals surface area contributed by atoms with Gasteiger partial charge in [-0.3, -0.25) is 0 Å². The second-order valence-corrected chi connectivity index (χ2v) is 15.5. The Kier molecular flexibility index (Phi) is 6.34. The maximum atomic E-state index is 5.44. The van der Waals surface area contributed by atoms with E-state index in [1.807, 2.05) is 0 Å². The Morgan fingerprint density at radius 2 is 0.828 bits per heavy atom. The molecule has 0 saturated carbocycles. The van der Waals surface area contributed by atoms with E-state index in [0.717, 1.165) is 38.2 Å². The van der Waals surface area contributed by atoms with Gasteiger partial charge in [-0.1, -0.05) is 170 Å². The van der Waals surface area contributed by atoms with Gasteiger partial charge in [-0.2, -0.15) is 0 Å². The summed E-state index contributed by atoms with van der Waals surface area (Å²) in [6.45, 7) is 0. The zero-order valence-corrected chi connectivity index (χ0v) is 31.3. The van der Waals surface area contributed by atoms with Gasteiger partial charge in [0.15, 0.2) is 17.5 Å². The molecule has 0 radical (unpaired) electrons. The molecular weight excluding hydrogens is 705 g/mol. The molecule has 3 heterocycles. The Bertz CT molecular complexity index is 3390. The van der Waals surface area contributed by atoms with E-state index in [0.29, 0.717) is 17.5 Å². The molecule has 1 spiro atoms. The first kappa shape index (κ1) is 31.5. The van der Waals surface area contributed by atoms with E-state index in [-0.39, 0.29) is 0 Å². The molecule has 0 atom stereocenters. The van der Waals surface area contributed by atoms with Crippen molar-refractivity contribution in [2.45, 2.75) is 5.41 Å². The number of para-hydroxylation sites is 2. The highest BCUT2D eigenvalue weighted by Gasteiger charge is 2.51. The third-order valence-corrected chi connectivity index (χ3v) is 12.6. The first-order chi connectivity index (χ1) is 28.8. The SMILES string of the molecule is c1ccc2c(c1)-c1ccccc1C21c2ccccc2-n2c3ccccc3c3cc(-c4nc(-c5cccc6ccccc56)nc(-c5cccc6ccccc56)n4)cc1c32. The fraction of sp³-hybridized carbons (Fsp3) is 0.0185. The van der Waals surface area contributed by atoms with E-state index in [1.165, 1.54) is 60.9 Å². The fourth-order valence-electron chi connectivity index (χ4n) is 10.3. The van der Waals surface area contributed by atoms with Gasteiger partial charge in [0, 0.05) is 27.5 Å². The zero-order valence-electron chi connectivity index (χ0n) is 31.3. The summed E-state index contributed by atoms with van der Waals surface area (Å²) >= 11 is 0. The lowest BCUT2D eigenvalue weighted by Crippen LogP contribution is -2.33. The molecule has 9 aromatic carbocycles. The molecule has 2 aromatic heterocycles. The van der Waals surface area contributed by atoms with Gasteiger partial charge in [0.05, 0.1) is 22.1 Å². The molecule has 1 aliphatic carbocycles. The zero-order chi connectivity index (χ0) is 38.0. The van der Waals surface area contributed by atoms with Crippen molar-refractivity contribution in [3.05, 3.63) is 216 Å². The molecule has 0 N–H and O–H groups in total. The second-order valence-electron chi connectivity index (χ2n) is 15.5. The maximum absolute atomic E-state index is 5.44. The number of hydrogen-bond acceptors (Lipinski definition) is 3. The van der Waals surface area contributed by atoms with Gasteiger partial charge in [-0.15, -0.1) is 0 Å². The molecule has 11 aromatic rings. The molecule has 13 rings (SSSR count). The number of hydrogen-bond donors (Lipinski definition) is 0. The van der Waals surface area contributed by atoms with Crippen molar-refractivity contribution in [1.82, 2.24) is 19.5 Å². The average Bonchev–Trinajstić information content (AvgIpc) is 3.79. The van der Waals surface area contributed by atoms with Gasteiger partial charge in [-0.25, -0.2) is 15.0 Å². The van der Waals surface area contributed by atoms with E-state index in [2.05, 4.69) is 199 Å². The number of aromatic nitrogens is 4.